The van der Waals surface area contributed by atoms with Gasteiger partial charge in [0.2, 0.25) is 0 Å². The molecule has 1 aromatic carbocycles. The highest BCUT2D eigenvalue weighted by Crippen LogP contribution is 2.27. The number of hydrogen-bond acceptors (Lipinski definition) is 8. The number of ether oxygens (including phenoxy) is 2. The molecule has 0 amide bonds. The van der Waals surface area contributed by atoms with Crippen LogP contribution in [-0.2, 0) is 17.9 Å². The number of aryl methyl sites for hydroxylation is 1. The van der Waals surface area contributed by atoms with Crippen molar-refractivity contribution in [3.63, 3.8) is 0 Å². The zero-order valence-corrected chi connectivity index (χ0v) is 19.5. The highest BCUT2D eigenvalue weighted by atomic mass is 32.1. The van der Waals surface area contributed by atoms with E-state index in [0.717, 1.165) is 10.9 Å². The first-order valence-corrected chi connectivity index (χ1v) is 11.5. The Bertz CT molecular complexity index is 1440. The van der Waals surface area contributed by atoms with Gasteiger partial charge in [-0.05, 0) is 42.1 Å². The zero-order valence-electron chi connectivity index (χ0n) is 18.7. The highest BCUT2D eigenvalue weighted by Gasteiger charge is 2.20. The lowest BCUT2D eigenvalue weighted by Crippen LogP contribution is -2.24. The van der Waals surface area contributed by atoms with Gasteiger partial charge in [0.15, 0.2) is 11.5 Å². The molecule has 35 heavy (non-hydrogen) atoms. The first-order chi connectivity index (χ1) is 17.0. The molecule has 8 nitrogen and oxygen atoms in total. The fourth-order valence-electron chi connectivity index (χ4n) is 3.41. The third kappa shape index (κ3) is 5.54. The average Bonchev–Trinajstić information content (AvgIpc) is 3.56. The third-order valence-electron chi connectivity index (χ3n) is 5.10. The van der Waals surface area contributed by atoms with Crippen LogP contribution in [0.2, 0.25) is 0 Å². The van der Waals surface area contributed by atoms with E-state index in [9.17, 15) is 19.2 Å². The summed E-state index contributed by atoms with van der Waals surface area (Å²) in [4.78, 5) is 26.7. The van der Waals surface area contributed by atoms with Crippen LogP contribution in [0.5, 0.6) is 5.75 Å². The predicted octanol–water partition coefficient (Wildman–Crippen LogP) is 4.42. The van der Waals surface area contributed by atoms with Crippen molar-refractivity contribution in [2.24, 2.45) is 0 Å². The number of halogens is 1. The molecule has 10 heteroatoms. The molecule has 0 N–H and O–H groups in total. The number of hydrogen-bond donors (Lipinski definition) is 0. The highest BCUT2D eigenvalue weighted by molar-refractivity contribution is 7.13. The molecule has 0 atom stereocenters. The van der Waals surface area contributed by atoms with Gasteiger partial charge in [-0.25, -0.2) is 4.39 Å². The van der Waals surface area contributed by atoms with Crippen molar-refractivity contribution in [1.82, 2.24) is 9.72 Å². The van der Waals surface area contributed by atoms with E-state index < -0.39 is 17.2 Å². The van der Waals surface area contributed by atoms with E-state index in [2.05, 4.69) is 5.16 Å². The van der Waals surface area contributed by atoms with Crippen molar-refractivity contribution in [2.75, 3.05) is 13.7 Å². The summed E-state index contributed by atoms with van der Waals surface area (Å²) in [6.45, 7) is 0.652. The normalized spacial score (nSPS) is 10.8. The van der Waals surface area contributed by atoms with E-state index in [1.165, 1.54) is 47.4 Å². The summed E-state index contributed by atoms with van der Waals surface area (Å²) < 4.78 is 31.5. The molecular formula is C25H20FN3O5S. The van der Waals surface area contributed by atoms with E-state index >= 15 is 0 Å². The van der Waals surface area contributed by atoms with Gasteiger partial charge in [-0.3, -0.25) is 9.59 Å². The summed E-state index contributed by atoms with van der Waals surface area (Å²) in [5.74, 6) is -0.492. The first kappa shape index (κ1) is 24.1. The van der Waals surface area contributed by atoms with Crippen LogP contribution in [0.4, 0.5) is 4.39 Å². The number of aromatic nitrogens is 2. The van der Waals surface area contributed by atoms with E-state index in [0.29, 0.717) is 24.5 Å². The summed E-state index contributed by atoms with van der Waals surface area (Å²) >= 11 is 1.51. The van der Waals surface area contributed by atoms with Gasteiger partial charge >= 0.3 is 0 Å². The van der Waals surface area contributed by atoms with Crippen molar-refractivity contribution in [2.45, 2.75) is 19.6 Å². The zero-order chi connectivity index (χ0) is 24.8. The second-order valence-electron chi connectivity index (χ2n) is 7.52. The SMILES string of the molecule is COCCCn1cc(C(=O)c2cc(F)ccc2OCc2cc(-c3cccs3)on2)cc(C#N)c1=O. The standard InChI is InChI=1S/C25H20FN3O5S/c1-32-8-3-7-29-14-17(10-16(13-27)25(29)31)24(30)20-11-18(26)5-6-21(20)33-15-19-12-22(34-28-19)23-4-2-9-35-23/h2,4-6,9-12,14H,3,7-8,15H2,1H3. The Hall–Kier alpha value is -4.07. The number of benzene rings is 1. The molecule has 178 valence electrons. The monoisotopic (exact) mass is 493 g/mol. The number of nitrogens with zero attached hydrogens (tertiary/aromatic N) is 3. The van der Waals surface area contributed by atoms with Crippen molar-refractivity contribution >= 4 is 17.1 Å². The lowest BCUT2D eigenvalue weighted by atomic mass is 10.0. The molecule has 4 aromatic rings. The number of rotatable bonds is 10. The maximum absolute atomic E-state index is 14.1. The minimum atomic E-state index is -0.629. The summed E-state index contributed by atoms with van der Waals surface area (Å²) in [7, 11) is 1.54. The van der Waals surface area contributed by atoms with Crippen molar-refractivity contribution in [1.29, 1.82) is 5.26 Å². The number of carbonyl (C=O) groups excluding carboxylic acids is 1. The average molecular weight is 494 g/mol. The lowest BCUT2D eigenvalue weighted by Gasteiger charge is -2.12. The van der Waals surface area contributed by atoms with E-state index in [1.54, 1.807) is 6.07 Å². The number of nitriles is 1. The fraction of sp³-hybridized carbons (Fsp3) is 0.200. The number of carbonyl (C=O) groups is 1. The van der Waals surface area contributed by atoms with Gasteiger partial charge in [0.05, 0.1) is 10.4 Å². The maximum Gasteiger partial charge on any atom is 0.268 e. The van der Waals surface area contributed by atoms with Gasteiger partial charge in [0.1, 0.15) is 35.5 Å². The second-order valence-corrected chi connectivity index (χ2v) is 8.46. The predicted molar refractivity (Wildman–Crippen MR) is 126 cm³/mol. The van der Waals surface area contributed by atoms with Gasteiger partial charge < -0.3 is 18.6 Å². The topological polar surface area (TPSA) is 107 Å². The molecule has 0 aliphatic carbocycles. The van der Waals surface area contributed by atoms with Crippen LogP contribution in [-0.4, -0.2) is 29.2 Å². The van der Waals surface area contributed by atoms with Crippen LogP contribution in [0.1, 0.15) is 33.6 Å². The van der Waals surface area contributed by atoms with Gasteiger partial charge in [0.25, 0.3) is 5.56 Å². The molecular weight excluding hydrogens is 473 g/mol. The van der Waals surface area contributed by atoms with Crippen LogP contribution in [0.15, 0.2) is 63.4 Å². The van der Waals surface area contributed by atoms with Gasteiger partial charge in [-0.2, -0.15) is 5.26 Å². The van der Waals surface area contributed by atoms with Crippen LogP contribution >= 0.6 is 11.3 Å². The number of pyridine rings is 1. The van der Waals surface area contributed by atoms with Crippen LogP contribution in [0, 0.1) is 17.1 Å². The molecule has 0 spiro atoms. The molecule has 0 unspecified atom stereocenters. The van der Waals surface area contributed by atoms with Crippen molar-refractivity contribution < 1.29 is 23.2 Å². The smallest absolute Gasteiger partial charge is 0.268 e. The summed E-state index contributed by atoms with van der Waals surface area (Å²) in [5.41, 5.74) is -0.178. The maximum atomic E-state index is 14.1. The van der Waals surface area contributed by atoms with Crippen LogP contribution in [0.25, 0.3) is 10.6 Å². The Morgan fingerprint density at radius 3 is 2.89 bits per heavy atom. The molecule has 0 fully saturated rings. The number of methoxy groups -OCH3 is 1. The first-order valence-electron chi connectivity index (χ1n) is 10.6. The van der Waals surface area contributed by atoms with E-state index in [-0.39, 0.29) is 35.6 Å². The molecule has 3 aromatic heterocycles. The molecule has 4 rings (SSSR count). The van der Waals surface area contributed by atoms with Crippen LogP contribution in [0.3, 0.4) is 0 Å². The number of thiophene rings is 1. The van der Waals surface area contributed by atoms with Gasteiger partial charge in [-0.1, -0.05) is 11.2 Å². The van der Waals surface area contributed by atoms with Gasteiger partial charge in [-0.15, -0.1) is 11.3 Å². The Balaban J connectivity index is 1.60. The summed E-state index contributed by atoms with van der Waals surface area (Å²) in [5, 5.41) is 15.3. The second kappa shape index (κ2) is 10.9. The van der Waals surface area contributed by atoms with Crippen molar-refractivity contribution in [3.05, 3.63) is 92.6 Å². The Morgan fingerprint density at radius 2 is 2.14 bits per heavy atom. The minimum Gasteiger partial charge on any atom is -0.486 e. The number of ketones is 1. The van der Waals surface area contributed by atoms with Crippen LogP contribution < -0.4 is 10.3 Å². The summed E-state index contributed by atoms with van der Waals surface area (Å²) in [6.07, 6.45) is 1.87. The Kier molecular flexibility index (Phi) is 7.50. The van der Waals surface area contributed by atoms with E-state index in [1.807, 2.05) is 23.6 Å². The molecule has 3 heterocycles. The largest absolute Gasteiger partial charge is 0.486 e. The Labute approximate surface area is 203 Å². The minimum absolute atomic E-state index is 0.0131. The van der Waals surface area contributed by atoms with E-state index in [4.69, 9.17) is 14.0 Å². The molecule has 0 saturated heterocycles. The lowest BCUT2D eigenvalue weighted by molar-refractivity contribution is 0.103. The third-order valence-corrected chi connectivity index (χ3v) is 5.99. The molecule has 0 radical (unpaired) electrons. The molecule has 0 saturated carbocycles. The molecule has 0 aliphatic heterocycles. The fourth-order valence-corrected chi connectivity index (χ4v) is 4.09. The molecule has 0 aliphatic rings. The van der Waals surface area contributed by atoms with Crippen molar-refractivity contribution in [3.8, 4) is 22.5 Å². The summed E-state index contributed by atoms with van der Waals surface area (Å²) in [6, 6.07) is 12.1. The quantitative estimate of drug-likeness (QED) is 0.238. The van der Waals surface area contributed by atoms with Gasteiger partial charge in [0, 0.05) is 38.1 Å². The molecule has 0 bridgehead atoms. The Morgan fingerprint density at radius 1 is 1.29 bits per heavy atom.